The van der Waals surface area contributed by atoms with Gasteiger partial charge in [0.25, 0.3) is 0 Å². The van der Waals surface area contributed by atoms with E-state index in [1.54, 1.807) is 28.7 Å². The number of thiophene rings is 1. The first-order chi connectivity index (χ1) is 10.3. The fraction of sp³-hybridized carbons (Fsp3) is 0.143. The molecule has 7 heteroatoms. The number of hydrogen-bond donors (Lipinski definition) is 1. The molecule has 0 spiro atoms. The van der Waals surface area contributed by atoms with E-state index in [0.717, 1.165) is 10.6 Å². The lowest BCUT2D eigenvalue weighted by atomic mass is 10.3. The number of carbonyl (C=O) groups excluding carboxylic acids is 1. The average Bonchev–Trinajstić information content (AvgIpc) is 3.21. The molecular weight excluding hydrogens is 306 g/mol. The van der Waals surface area contributed by atoms with Crippen LogP contribution in [-0.2, 0) is 13.1 Å². The van der Waals surface area contributed by atoms with Gasteiger partial charge in [0.05, 0.1) is 19.4 Å². The van der Waals surface area contributed by atoms with Crippen molar-refractivity contribution >= 4 is 33.8 Å². The van der Waals surface area contributed by atoms with Gasteiger partial charge in [-0.2, -0.15) is 0 Å². The average molecular weight is 319 g/mol. The number of carbonyl (C=O) groups is 1. The van der Waals surface area contributed by atoms with E-state index >= 15 is 0 Å². The highest BCUT2D eigenvalue weighted by Crippen LogP contribution is 2.17. The van der Waals surface area contributed by atoms with Gasteiger partial charge in [0.2, 0.25) is 0 Å². The Bertz CT molecular complexity index is 627. The van der Waals surface area contributed by atoms with Gasteiger partial charge in [-0.15, -0.1) is 22.7 Å². The number of furan rings is 1. The van der Waals surface area contributed by atoms with E-state index < -0.39 is 0 Å². The molecule has 1 N–H and O–H groups in total. The fourth-order valence-corrected chi connectivity index (χ4v) is 3.07. The number of nitrogens with one attached hydrogen (secondary N) is 1. The van der Waals surface area contributed by atoms with Crippen molar-refractivity contribution in [3.8, 4) is 0 Å². The molecule has 0 saturated carbocycles. The van der Waals surface area contributed by atoms with E-state index in [2.05, 4.69) is 10.3 Å². The molecule has 0 aromatic carbocycles. The van der Waals surface area contributed by atoms with E-state index in [-0.39, 0.29) is 6.03 Å². The summed E-state index contributed by atoms with van der Waals surface area (Å²) in [6, 6.07) is 7.48. The number of urea groups is 1. The monoisotopic (exact) mass is 319 g/mol. The second-order valence-corrected chi connectivity index (χ2v) is 6.21. The summed E-state index contributed by atoms with van der Waals surface area (Å²) in [6.45, 7) is 0.956. The van der Waals surface area contributed by atoms with E-state index in [1.807, 2.05) is 35.0 Å². The van der Waals surface area contributed by atoms with Gasteiger partial charge in [0.15, 0.2) is 5.13 Å². The van der Waals surface area contributed by atoms with Crippen LogP contribution in [0.5, 0.6) is 0 Å². The van der Waals surface area contributed by atoms with E-state index in [9.17, 15) is 4.79 Å². The fourth-order valence-electron chi connectivity index (χ4n) is 1.84. The van der Waals surface area contributed by atoms with Gasteiger partial charge < -0.3 is 9.32 Å². The summed E-state index contributed by atoms with van der Waals surface area (Å²) in [7, 11) is 0. The quantitative estimate of drug-likeness (QED) is 0.772. The first-order valence-electron chi connectivity index (χ1n) is 6.31. The topological polar surface area (TPSA) is 58.4 Å². The molecule has 0 saturated heterocycles. The van der Waals surface area contributed by atoms with Crippen LogP contribution in [0.4, 0.5) is 9.93 Å². The van der Waals surface area contributed by atoms with Gasteiger partial charge in [-0.1, -0.05) is 6.07 Å². The van der Waals surface area contributed by atoms with Crippen molar-refractivity contribution in [1.82, 2.24) is 9.88 Å². The summed E-state index contributed by atoms with van der Waals surface area (Å²) in [5.41, 5.74) is 0. The van der Waals surface area contributed by atoms with Crippen LogP contribution in [0.2, 0.25) is 0 Å². The molecule has 2 amide bonds. The molecule has 0 aliphatic heterocycles. The third-order valence-corrected chi connectivity index (χ3v) is 4.34. The molecule has 0 bridgehead atoms. The standard InChI is InChI=1S/C14H13N3O2S2/c18-14(16-13-15-5-8-21-13)17(9-11-3-1-6-19-11)10-12-4-2-7-20-12/h1-8H,9-10H2,(H,15,16,18). The molecular formula is C14H13N3O2S2. The Morgan fingerprint density at radius 1 is 1.24 bits per heavy atom. The lowest BCUT2D eigenvalue weighted by Crippen LogP contribution is -2.33. The highest BCUT2D eigenvalue weighted by atomic mass is 32.1. The zero-order valence-electron chi connectivity index (χ0n) is 11.1. The molecule has 5 nitrogen and oxygen atoms in total. The summed E-state index contributed by atoms with van der Waals surface area (Å²) in [5, 5.41) is 7.22. The predicted molar refractivity (Wildman–Crippen MR) is 83.4 cm³/mol. The molecule has 3 aromatic rings. The number of nitrogens with zero attached hydrogens (tertiary/aromatic N) is 2. The van der Waals surface area contributed by atoms with E-state index in [1.165, 1.54) is 11.3 Å². The minimum absolute atomic E-state index is 0.185. The third kappa shape index (κ3) is 3.71. The number of aromatic nitrogens is 1. The van der Waals surface area contributed by atoms with Crippen LogP contribution < -0.4 is 5.32 Å². The maximum absolute atomic E-state index is 12.4. The molecule has 0 fully saturated rings. The number of thiazole rings is 1. The molecule has 21 heavy (non-hydrogen) atoms. The van der Waals surface area contributed by atoms with Gasteiger partial charge >= 0.3 is 6.03 Å². The van der Waals surface area contributed by atoms with Crippen LogP contribution in [0.25, 0.3) is 0 Å². The maximum Gasteiger partial charge on any atom is 0.324 e. The Kier molecular flexibility index (Phi) is 4.32. The van der Waals surface area contributed by atoms with Crippen molar-refractivity contribution in [2.45, 2.75) is 13.1 Å². The molecule has 0 radical (unpaired) electrons. The van der Waals surface area contributed by atoms with Crippen LogP contribution in [0.15, 0.2) is 51.9 Å². The summed E-state index contributed by atoms with van der Waals surface area (Å²) in [6.07, 6.45) is 3.27. The Morgan fingerprint density at radius 2 is 2.19 bits per heavy atom. The Morgan fingerprint density at radius 3 is 2.86 bits per heavy atom. The second kappa shape index (κ2) is 6.55. The minimum Gasteiger partial charge on any atom is -0.467 e. The lowest BCUT2D eigenvalue weighted by Gasteiger charge is -2.20. The molecule has 108 valence electrons. The SMILES string of the molecule is O=C(Nc1nccs1)N(Cc1ccco1)Cc1cccs1. The van der Waals surface area contributed by atoms with Gasteiger partial charge in [0.1, 0.15) is 5.76 Å². The summed E-state index contributed by atoms with van der Waals surface area (Å²) >= 11 is 3.02. The number of anilines is 1. The third-order valence-electron chi connectivity index (χ3n) is 2.79. The lowest BCUT2D eigenvalue weighted by molar-refractivity contribution is 0.202. The van der Waals surface area contributed by atoms with Crippen molar-refractivity contribution in [3.63, 3.8) is 0 Å². The van der Waals surface area contributed by atoms with Gasteiger partial charge in [-0.3, -0.25) is 5.32 Å². The first-order valence-corrected chi connectivity index (χ1v) is 8.07. The van der Waals surface area contributed by atoms with Gasteiger partial charge in [-0.25, -0.2) is 9.78 Å². The molecule has 3 rings (SSSR count). The Balaban J connectivity index is 1.72. The van der Waals surface area contributed by atoms with E-state index in [0.29, 0.717) is 18.2 Å². The molecule has 0 aliphatic carbocycles. The van der Waals surface area contributed by atoms with Crippen LogP contribution in [0.1, 0.15) is 10.6 Å². The predicted octanol–water partition coefficient (Wildman–Crippen LogP) is 4.03. The number of amides is 2. The molecule has 0 atom stereocenters. The molecule has 3 heterocycles. The minimum atomic E-state index is -0.185. The number of rotatable bonds is 5. The Labute approximate surface area is 129 Å². The highest BCUT2D eigenvalue weighted by molar-refractivity contribution is 7.13. The van der Waals surface area contributed by atoms with Crippen LogP contribution in [-0.4, -0.2) is 15.9 Å². The second-order valence-electron chi connectivity index (χ2n) is 4.28. The normalized spacial score (nSPS) is 10.5. The van der Waals surface area contributed by atoms with Crippen molar-refractivity contribution in [1.29, 1.82) is 0 Å². The number of hydrogen-bond acceptors (Lipinski definition) is 5. The zero-order chi connectivity index (χ0) is 14.5. The summed E-state index contributed by atoms with van der Waals surface area (Å²) in [4.78, 5) is 19.3. The largest absolute Gasteiger partial charge is 0.467 e. The van der Waals surface area contributed by atoms with Crippen molar-refractivity contribution in [3.05, 3.63) is 58.1 Å². The van der Waals surface area contributed by atoms with Crippen molar-refractivity contribution in [2.75, 3.05) is 5.32 Å². The van der Waals surface area contributed by atoms with Crippen molar-refractivity contribution in [2.24, 2.45) is 0 Å². The van der Waals surface area contributed by atoms with Gasteiger partial charge in [-0.05, 0) is 23.6 Å². The molecule has 0 aliphatic rings. The Hall–Kier alpha value is -2.12. The molecule has 0 unspecified atom stereocenters. The van der Waals surface area contributed by atoms with Crippen LogP contribution in [0.3, 0.4) is 0 Å². The zero-order valence-corrected chi connectivity index (χ0v) is 12.7. The smallest absolute Gasteiger partial charge is 0.324 e. The van der Waals surface area contributed by atoms with Crippen molar-refractivity contribution < 1.29 is 9.21 Å². The van der Waals surface area contributed by atoms with Crippen LogP contribution in [0, 0.1) is 0 Å². The molecule has 3 aromatic heterocycles. The maximum atomic E-state index is 12.4. The summed E-state index contributed by atoms with van der Waals surface area (Å²) in [5.74, 6) is 0.751. The van der Waals surface area contributed by atoms with Crippen LogP contribution >= 0.6 is 22.7 Å². The van der Waals surface area contributed by atoms with Gasteiger partial charge in [0, 0.05) is 16.5 Å². The first kappa shape index (κ1) is 13.8. The highest BCUT2D eigenvalue weighted by Gasteiger charge is 2.17. The summed E-state index contributed by atoms with van der Waals surface area (Å²) < 4.78 is 5.34. The van der Waals surface area contributed by atoms with E-state index in [4.69, 9.17) is 4.42 Å².